The molecule has 2 aliphatic rings. The second-order valence-electron chi connectivity index (χ2n) is 10.0. The highest BCUT2D eigenvalue weighted by molar-refractivity contribution is 6.36. The highest BCUT2D eigenvalue weighted by Crippen LogP contribution is 2.42. The van der Waals surface area contributed by atoms with Crippen molar-refractivity contribution < 1.29 is 27.8 Å². The van der Waals surface area contributed by atoms with E-state index in [1.54, 1.807) is 25.4 Å². The van der Waals surface area contributed by atoms with Gasteiger partial charge >= 0.3 is 12.1 Å². The van der Waals surface area contributed by atoms with Gasteiger partial charge in [0.1, 0.15) is 5.75 Å². The largest absolute Gasteiger partial charge is 0.496 e. The van der Waals surface area contributed by atoms with E-state index in [2.05, 4.69) is 9.88 Å². The molecule has 198 valence electrons. The van der Waals surface area contributed by atoms with Gasteiger partial charge in [0, 0.05) is 55.4 Å². The van der Waals surface area contributed by atoms with Crippen LogP contribution < -0.4 is 4.74 Å². The van der Waals surface area contributed by atoms with Crippen molar-refractivity contribution in [2.24, 2.45) is 5.92 Å². The lowest BCUT2D eigenvalue weighted by molar-refractivity contribution is -0.216. The number of fused-ring (bicyclic) bond motifs is 1. The maximum atomic E-state index is 13.1. The van der Waals surface area contributed by atoms with Crippen molar-refractivity contribution in [3.05, 3.63) is 63.8 Å². The van der Waals surface area contributed by atoms with Gasteiger partial charge in [-0.25, -0.2) is 4.79 Å². The smallest absolute Gasteiger partial charge is 0.394 e. The average molecular weight is 536 g/mol. The zero-order valence-corrected chi connectivity index (χ0v) is 21.4. The minimum Gasteiger partial charge on any atom is -0.496 e. The van der Waals surface area contributed by atoms with Crippen molar-refractivity contribution in [2.45, 2.75) is 44.6 Å². The molecule has 0 radical (unpaired) electrons. The number of carboxylic acid groups (broad SMARTS) is 1. The number of carbonyl (C=O) groups is 1. The highest BCUT2D eigenvalue weighted by Gasteiger charge is 2.49. The standard InChI is InChI=1S/C27H29ClF3N3O3/c1-15-9-23(37-2)20(24-21(28)11-32-25(15)24)14-33-8-7-19(34-12-18(13-34)27(29,30)31)10-22(33)16-3-5-17(6-4-16)26(35)36/h3-6,9,11,18-19,22,32H,7-8,10,12-14H2,1-2H3,(H,35,36)/t19-,22-/m0/s1. The fraction of sp³-hybridized carbons (Fsp3) is 0.444. The Balaban J connectivity index is 1.46. The van der Waals surface area contributed by atoms with Crippen LogP contribution in [0.1, 0.15) is 45.9 Å². The van der Waals surface area contributed by atoms with Gasteiger partial charge in [0.15, 0.2) is 0 Å². The lowest BCUT2D eigenvalue weighted by Gasteiger charge is -2.50. The number of hydrogen-bond donors (Lipinski definition) is 2. The topological polar surface area (TPSA) is 68.8 Å². The SMILES string of the molecule is COc1cc(C)c2[nH]cc(Cl)c2c1CN1CC[C@H](N2CC(C(F)(F)F)C2)C[C@H]1c1ccc(C(=O)O)cc1. The zero-order valence-electron chi connectivity index (χ0n) is 20.6. The monoisotopic (exact) mass is 535 g/mol. The molecule has 2 N–H and O–H groups in total. The van der Waals surface area contributed by atoms with Gasteiger partial charge in [-0.1, -0.05) is 23.7 Å². The second kappa shape index (κ2) is 9.85. The van der Waals surface area contributed by atoms with Gasteiger partial charge in [0.05, 0.1) is 29.1 Å². The van der Waals surface area contributed by atoms with Crippen LogP contribution in [0.2, 0.25) is 5.02 Å². The van der Waals surface area contributed by atoms with E-state index in [9.17, 15) is 23.1 Å². The minimum absolute atomic E-state index is 0.0229. The number of carboxylic acids is 1. The molecule has 2 fully saturated rings. The Morgan fingerprint density at radius 2 is 1.95 bits per heavy atom. The molecule has 2 saturated heterocycles. The molecular weight excluding hydrogens is 507 g/mol. The number of piperidine rings is 1. The van der Waals surface area contributed by atoms with Gasteiger partial charge in [-0.05, 0) is 49.1 Å². The van der Waals surface area contributed by atoms with Crippen LogP contribution in [0.3, 0.4) is 0 Å². The van der Waals surface area contributed by atoms with Crippen molar-refractivity contribution in [1.29, 1.82) is 0 Å². The number of nitrogens with one attached hydrogen (secondary N) is 1. The number of hydrogen-bond acceptors (Lipinski definition) is 4. The Hall–Kier alpha value is -2.75. The average Bonchev–Trinajstić information content (AvgIpc) is 3.21. The van der Waals surface area contributed by atoms with Gasteiger partial charge in [-0.2, -0.15) is 13.2 Å². The van der Waals surface area contributed by atoms with Crippen LogP contribution in [0.15, 0.2) is 36.5 Å². The molecule has 0 saturated carbocycles. The van der Waals surface area contributed by atoms with Crippen LogP contribution in [0, 0.1) is 12.8 Å². The second-order valence-corrected chi connectivity index (χ2v) is 10.5. The van der Waals surface area contributed by atoms with Crippen molar-refractivity contribution >= 4 is 28.5 Å². The third-order valence-corrected chi connectivity index (χ3v) is 8.17. The van der Waals surface area contributed by atoms with Gasteiger partial charge < -0.3 is 14.8 Å². The molecule has 6 nitrogen and oxygen atoms in total. The summed E-state index contributed by atoms with van der Waals surface area (Å²) in [7, 11) is 1.62. The first-order valence-corrected chi connectivity index (χ1v) is 12.7. The van der Waals surface area contributed by atoms with Crippen molar-refractivity contribution in [3.63, 3.8) is 0 Å². The van der Waals surface area contributed by atoms with E-state index in [1.807, 2.05) is 30.0 Å². The summed E-state index contributed by atoms with van der Waals surface area (Å²) in [5.74, 6) is -1.54. The van der Waals surface area contributed by atoms with E-state index in [4.69, 9.17) is 16.3 Å². The summed E-state index contributed by atoms with van der Waals surface area (Å²) in [6, 6.07) is 8.67. The van der Waals surface area contributed by atoms with E-state index >= 15 is 0 Å². The number of H-pyrrole nitrogens is 1. The fourth-order valence-corrected chi connectivity index (χ4v) is 6.02. The van der Waals surface area contributed by atoms with Crippen LogP contribution in [0.25, 0.3) is 10.9 Å². The lowest BCUT2D eigenvalue weighted by atomic mass is 9.86. The Labute approximate surface area is 218 Å². The van der Waals surface area contributed by atoms with E-state index in [0.717, 1.165) is 39.8 Å². The molecule has 3 heterocycles. The Morgan fingerprint density at radius 3 is 2.57 bits per heavy atom. The van der Waals surface area contributed by atoms with Gasteiger partial charge in [-0.15, -0.1) is 0 Å². The van der Waals surface area contributed by atoms with Crippen molar-refractivity contribution in [3.8, 4) is 5.75 Å². The number of aromatic carboxylic acids is 1. The molecule has 0 unspecified atom stereocenters. The number of methoxy groups -OCH3 is 1. The Kier molecular flexibility index (Phi) is 6.89. The Bertz CT molecular complexity index is 1300. The molecule has 3 aromatic rings. The molecule has 0 amide bonds. The van der Waals surface area contributed by atoms with E-state index in [1.165, 1.54) is 0 Å². The van der Waals surface area contributed by atoms with Gasteiger partial charge in [-0.3, -0.25) is 9.80 Å². The van der Waals surface area contributed by atoms with Crippen molar-refractivity contribution in [1.82, 2.24) is 14.8 Å². The summed E-state index contributed by atoms with van der Waals surface area (Å²) in [4.78, 5) is 18.8. The summed E-state index contributed by atoms with van der Waals surface area (Å²) in [6.45, 7) is 3.25. The number of halogens is 4. The molecular formula is C27H29ClF3N3O3. The van der Waals surface area contributed by atoms with E-state index in [-0.39, 0.29) is 30.7 Å². The maximum Gasteiger partial charge on any atom is 0.394 e. The number of likely N-dealkylation sites (tertiary alicyclic amines) is 2. The number of aromatic nitrogens is 1. The molecule has 37 heavy (non-hydrogen) atoms. The molecule has 5 rings (SSSR count). The maximum absolute atomic E-state index is 13.1. The summed E-state index contributed by atoms with van der Waals surface area (Å²) in [5, 5.41) is 10.8. The van der Waals surface area contributed by atoms with Crippen LogP contribution in [-0.2, 0) is 6.54 Å². The minimum atomic E-state index is -4.16. The number of aryl methyl sites for hydroxylation is 1. The number of rotatable bonds is 6. The third kappa shape index (κ3) is 4.92. The Morgan fingerprint density at radius 1 is 1.24 bits per heavy atom. The van der Waals surface area contributed by atoms with Crippen LogP contribution in [0.5, 0.6) is 5.75 Å². The summed E-state index contributed by atoms with van der Waals surface area (Å²) < 4.78 is 45.1. The summed E-state index contributed by atoms with van der Waals surface area (Å²) in [6.07, 6.45) is -1.01. The third-order valence-electron chi connectivity index (χ3n) is 7.87. The first-order chi connectivity index (χ1) is 17.6. The molecule has 2 atom stereocenters. The fourth-order valence-electron chi connectivity index (χ4n) is 5.76. The summed E-state index contributed by atoms with van der Waals surface area (Å²) >= 11 is 6.58. The van der Waals surface area contributed by atoms with E-state index < -0.39 is 18.1 Å². The zero-order chi connectivity index (χ0) is 26.5. The predicted molar refractivity (Wildman–Crippen MR) is 135 cm³/mol. The number of alkyl halides is 3. The van der Waals surface area contributed by atoms with E-state index in [0.29, 0.717) is 24.5 Å². The van der Waals surface area contributed by atoms with Crippen LogP contribution >= 0.6 is 11.6 Å². The molecule has 1 aromatic heterocycles. The molecule has 0 aliphatic carbocycles. The predicted octanol–water partition coefficient (Wildman–Crippen LogP) is 6.04. The molecule has 10 heteroatoms. The highest BCUT2D eigenvalue weighted by atomic mass is 35.5. The van der Waals surface area contributed by atoms with Crippen molar-refractivity contribution in [2.75, 3.05) is 26.7 Å². The number of ether oxygens (including phenoxy) is 1. The van der Waals surface area contributed by atoms with Crippen LogP contribution in [0.4, 0.5) is 13.2 Å². The summed E-state index contributed by atoms with van der Waals surface area (Å²) in [5.41, 5.74) is 4.03. The first-order valence-electron chi connectivity index (χ1n) is 12.3. The van der Waals surface area contributed by atoms with Gasteiger partial charge in [0.25, 0.3) is 0 Å². The number of aromatic amines is 1. The quantitative estimate of drug-likeness (QED) is 0.403. The lowest BCUT2D eigenvalue weighted by Crippen LogP contribution is -2.59. The number of nitrogens with zero attached hydrogens (tertiary/aromatic N) is 2. The molecule has 2 aromatic carbocycles. The van der Waals surface area contributed by atoms with Gasteiger partial charge in [0.2, 0.25) is 0 Å². The first kappa shape index (κ1) is 25.9. The number of benzene rings is 2. The molecule has 2 aliphatic heterocycles. The van der Waals surface area contributed by atoms with Crippen LogP contribution in [-0.4, -0.2) is 64.8 Å². The molecule has 0 spiro atoms. The normalized spacial score (nSPS) is 21.8. The molecule has 0 bridgehead atoms.